The Morgan fingerprint density at radius 1 is 1.06 bits per heavy atom. The molecule has 0 saturated carbocycles. The van der Waals surface area contributed by atoms with Gasteiger partial charge in [-0.25, -0.2) is 9.59 Å². The molecule has 11 heteroatoms. The molecular weight excluding hydrogens is 466 g/mol. The van der Waals surface area contributed by atoms with E-state index in [1.54, 1.807) is 47.4 Å². The minimum atomic E-state index is -0.885. The number of amides is 2. The van der Waals surface area contributed by atoms with Gasteiger partial charge in [0.05, 0.1) is 23.7 Å². The summed E-state index contributed by atoms with van der Waals surface area (Å²) in [5.74, 6) is -0.854. The van der Waals surface area contributed by atoms with Gasteiger partial charge in [-0.2, -0.15) is 5.26 Å². The van der Waals surface area contributed by atoms with Gasteiger partial charge in [-0.05, 0) is 42.5 Å². The molecule has 3 heterocycles. The quantitative estimate of drug-likeness (QED) is 0.517. The van der Waals surface area contributed by atoms with Gasteiger partial charge >= 0.3 is 11.8 Å². The number of ketones is 1. The first-order valence-electron chi connectivity index (χ1n) is 11.6. The summed E-state index contributed by atoms with van der Waals surface area (Å²) >= 11 is 0. The van der Waals surface area contributed by atoms with Gasteiger partial charge in [0.2, 0.25) is 0 Å². The van der Waals surface area contributed by atoms with Crippen molar-refractivity contribution < 1.29 is 23.5 Å². The number of ether oxygens (including phenoxy) is 1. The van der Waals surface area contributed by atoms with Gasteiger partial charge in [-0.15, -0.1) is 0 Å². The van der Waals surface area contributed by atoms with E-state index >= 15 is 0 Å². The molecule has 1 atom stereocenters. The molecule has 0 radical (unpaired) electrons. The SMILES string of the molecule is N#Cc1ccc(N2CC(C(=O)N3CCN(CCC(=O)c4ccc5[nH]c(=O)oc5c4)CC3)OC2=O)cc1. The maximum atomic E-state index is 13.0. The van der Waals surface area contributed by atoms with Crippen molar-refractivity contribution in [1.82, 2.24) is 14.8 Å². The summed E-state index contributed by atoms with van der Waals surface area (Å²) in [6, 6.07) is 13.4. The third-order valence-electron chi connectivity index (χ3n) is 6.48. The Kier molecular flexibility index (Phi) is 6.26. The smallest absolute Gasteiger partial charge is 0.417 e. The number of cyclic esters (lactones) is 1. The molecule has 0 spiro atoms. The van der Waals surface area contributed by atoms with Crippen molar-refractivity contribution >= 4 is 34.6 Å². The Bertz CT molecular complexity index is 1410. The third kappa shape index (κ3) is 4.71. The van der Waals surface area contributed by atoms with Crippen molar-refractivity contribution in [3.8, 4) is 6.07 Å². The number of carbonyl (C=O) groups is 3. The van der Waals surface area contributed by atoms with Crippen molar-refractivity contribution in [2.75, 3.05) is 44.2 Å². The minimum absolute atomic E-state index is 0.0555. The predicted octanol–water partition coefficient (Wildman–Crippen LogP) is 1.74. The standard InChI is InChI=1S/C25H23N5O6/c26-14-16-1-4-18(5-2-16)30-15-22(36-25(30)34)23(32)29-11-9-28(10-12-29)8-7-20(31)17-3-6-19-21(13-17)35-24(33)27-19/h1-6,13,22H,7-12,15H2,(H,27,33). The molecule has 1 unspecified atom stereocenters. The zero-order valence-corrected chi connectivity index (χ0v) is 19.3. The van der Waals surface area contributed by atoms with Gasteiger partial charge in [0.25, 0.3) is 5.91 Å². The van der Waals surface area contributed by atoms with Crippen LogP contribution in [0.5, 0.6) is 0 Å². The number of Topliss-reactive ketones (excluding diaryl/α,β-unsaturated/α-hetero) is 1. The van der Waals surface area contributed by atoms with E-state index in [9.17, 15) is 19.2 Å². The highest BCUT2D eigenvalue weighted by Gasteiger charge is 2.39. The fourth-order valence-electron chi connectivity index (χ4n) is 4.44. The molecule has 3 aromatic rings. The van der Waals surface area contributed by atoms with Gasteiger partial charge in [-0.3, -0.25) is 24.4 Å². The van der Waals surface area contributed by atoms with E-state index in [1.165, 1.54) is 4.90 Å². The van der Waals surface area contributed by atoms with Crippen molar-refractivity contribution in [2.45, 2.75) is 12.5 Å². The first-order valence-corrected chi connectivity index (χ1v) is 11.6. The lowest BCUT2D eigenvalue weighted by atomic mass is 10.1. The number of aromatic nitrogens is 1. The summed E-state index contributed by atoms with van der Waals surface area (Å²) in [4.78, 5) is 56.9. The van der Waals surface area contributed by atoms with Crippen molar-refractivity contribution in [3.05, 3.63) is 64.1 Å². The fourth-order valence-corrected chi connectivity index (χ4v) is 4.44. The van der Waals surface area contributed by atoms with Gasteiger partial charge < -0.3 is 14.1 Å². The van der Waals surface area contributed by atoms with E-state index < -0.39 is 18.0 Å². The van der Waals surface area contributed by atoms with Crippen LogP contribution in [0.15, 0.2) is 51.7 Å². The summed E-state index contributed by atoms with van der Waals surface area (Å²) in [5.41, 5.74) is 2.43. The van der Waals surface area contributed by atoms with Crippen LogP contribution in [0.25, 0.3) is 11.1 Å². The lowest BCUT2D eigenvalue weighted by Gasteiger charge is -2.35. The first-order chi connectivity index (χ1) is 17.4. The number of nitrogens with zero attached hydrogens (tertiary/aromatic N) is 4. The second-order valence-electron chi connectivity index (χ2n) is 8.71. The molecule has 2 aliphatic heterocycles. The number of fused-ring (bicyclic) bond motifs is 1. The van der Waals surface area contributed by atoms with Crippen LogP contribution in [-0.2, 0) is 9.53 Å². The average molecular weight is 489 g/mol. The number of hydrogen-bond donors (Lipinski definition) is 1. The zero-order valence-electron chi connectivity index (χ0n) is 19.3. The lowest BCUT2D eigenvalue weighted by molar-refractivity contribution is -0.140. The van der Waals surface area contributed by atoms with Crippen LogP contribution in [0.4, 0.5) is 10.5 Å². The topological polar surface area (TPSA) is 140 Å². The summed E-state index contributed by atoms with van der Waals surface area (Å²) in [7, 11) is 0. The van der Waals surface area contributed by atoms with E-state index in [1.807, 2.05) is 6.07 Å². The number of anilines is 1. The maximum absolute atomic E-state index is 13.0. The number of aromatic amines is 1. The van der Waals surface area contributed by atoms with Crippen LogP contribution in [0.1, 0.15) is 22.3 Å². The number of nitriles is 1. The highest BCUT2D eigenvalue weighted by atomic mass is 16.6. The molecule has 184 valence electrons. The minimum Gasteiger partial charge on any atom is -0.434 e. The molecule has 2 aromatic carbocycles. The zero-order chi connectivity index (χ0) is 25.2. The lowest BCUT2D eigenvalue weighted by Crippen LogP contribution is -2.52. The molecule has 0 bridgehead atoms. The van der Waals surface area contributed by atoms with E-state index in [4.69, 9.17) is 14.4 Å². The number of rotatable bonds is 6. The maximum Gasteiger partial charge on any atom is 0.417 e. The molecule has 1 aromatic heterocycles. The molecular formula is C25H23N5O6. The van der Waals surface area contributed by atoms with Crippen molar-refractivity contribution in [1.29, 1.82) is 5.26 Å². The number of nitrogens with one attached hydrogen (secondary N) is 1. The van der Waals surface area contributed by atoms with Gasteiger partial charge in [-0.1, -0.05) is 0 Å². The molecule has 36 heavy (non-hydrogen) atoms. The van der Waals surface area contributed by atoms with Gasteiger partial charge in [0.15, 0.2) is 17.5 Å². The Morgan fingerprint density at radius 3 is 2.53 bits per heavy atom. The number of oxazole rings is 1. The first kappa shape index (κ1) is 23.3. The van der Waals surface area contributed by atoms with Crippen molar-refractivity contribution in [3.63, 3.8) is 0 Å². The monoisotopic (exact) mass is 489 g/mol. The molecule has 11 nitrogen and oxygen atoms in total. The predicted molar refractivity (Wildman–Crippen MR) is 128 cm³/mol. The van der Waals surface area contributed by atoms with Crippen LogP contribution in [0.3, 0.4) is 0 Å². The number of H-pyrrole nitrogens is 1. The van der Waals surface area contributed by atoms with Gasteiger partial charge in [0, 0.05) is 50.4 Å². The Morgan fingerprint density at radius 2 is 1.81 bits per heavy atom. The molecule has 5 rings (SSSR count). The normalized spacial score (nSPS) is 18.3. The number of hydrogen-bond acceptors (Lipinski definition) is 8. The molecule has 2 aliphatic rings. The van der Waals surface area contributed by atoms with E-state index in [2.05, 4.69) is 9.88 Å². The molecule has 2 saturated heterocycles. The summed E-state index contributed by atoms with van der Waals surface area (Å²) < 4.78 is 10.4. The largest absolute Gasteiger partial charge is 0.434 e. The molecule has 2 amide bonds. The molecule has 0 aliphatic carbocycles. The average Bonchev–Trinajstić information content (AvgIpc) is 3.48. The molecule has 2 fully saturated rings. The highest BCUT2D eigenvalue weighted by molar-refractivity contribution is 5.98. The summed E-state index contributed by atoms with van der Waals surface area (Å²) in [6.45, 7) is 2.80. The third-order valence-corrected chi connectivity index (χ3v) is 6.48. The highest BCUT2D eigenvalue weighted by Crippen LogP contribution is 2.23. The summed E-state index contributed by atoms with van der Waals surface area (Å²) in [6.07, 6.45) is -1.18. The van der Waals surface area contributed by atoms with Crippen LogP contribution in [0.2, 0.25) is 0 Å². The van der Waals surface area contributed by atoms with E-state index in [0.29, 0.717) is 67.1 Å². The second kappa shape index (κ2) is 9.67. The molecule has 1 N–H and O–H groups in total. The number of piperazine rings is 1. The fraction of sp³-hybridized carbons (Fsp3) is 0.320. The Labute approximate surface area is 205 Å². The Balaban J connectivity index is 1.11. The Hall–Kier alpha value is -4.43. The second-order valence-corrected chi connectivity index (χ2v) is 8.71. The van der Waals surface area contributed by atoms with Crippen LogP contribution >= 0.6 is 0 Å². The van der Waals surface area contributed by atoms with E-state index in [0.717, 1.165) is 0 Å². The van der Waals surface area contributed by atoms with Crippen LogP contribution < -0.4 is 10.7 Å². The number of benzene rings is 2. The van der Waals surface area contributed by atoms with Crippen LogP contribution in [-0.4, -0.2) is 77.9 Å². The van der Waals surface area contributed by atoms with Gasteiger partial charge in [0.1, 0.15) is 0 Å². The van der Waals surface area contributed by atoms with Crippen molar-refractivity contribution in [2.24, 2.45) is 0 Å². The summed E-state index contributed by atoms with van der Waals surface area (Å²) in [5, 5.41) is 8.93. The van der Waals surface area contributed by atoms with E-state index in [-0.39, 0.29) is 18.2 Å². The number of carbonyl (C=O) groups excluding carboxylic acids is 3. The van der Waals surface area contributed by atoms with Crippen LogP contribution in [0, 0.1) is 11.3 Å².